The molecule has 14 heavy (non-hydrogen) atoms. The molecule has 0 radical (unpaired) electrons. The Bertz CT molecular complexity index is 344. The van der Waals surface area contributed by atoms with Crippen LogP contribution in [0.5, 0.6) is 0 Å². The van der Waals surface area contributed by atoms with Crippen molar-refractivity contribution in [1.82, 2.24) is 0 Å². The zero-order valence-electron chi connectivity index (χ0n) is 8.78. The van der Waals surface area contributed by atoms with Gasteiger partial charge in [0.2, 0.25) is 0 Å². The summed E-state index contributed by atoms with van der Waals surface area (Å²) in [6.45, 7) is 5.71. The normalized spacial score (nSPS) is 14.9. The lowest BCUT2D eigenvalue weighted by Crippen LogP contribution is -2.17. The maximum absolute atomic E-state index is 9.66. The number of nitriles is 1. The molecule has 1 N–H and O–H groups in total. The average molecular weight is 189 g/mol. The van der Waals surface area contributed by atoms with Gasteiger partial charge in [-0.1, -0.05) is 38.1 Å². The molecule has 1 rings (SSSR count). The molecule has 0 aromatic heterocycles. The fraction of sp³-hybridized carbons (Fsp3) is 0.417. The first-order valence-electron chi connectivity index (χ1n) is 4.71. The van der Waals surface area contributed by atoms with E-state index in [0.717, 1.165) is 0 Å². The van der Waals surface area contributed by atoms with Crippen molar-refractivity contribution in [3.8, 4) is 6.07 Å². The maximum atomic E-state index is 9.66. The lowest BCUT2D eigenvalue weighted by Gasteiger charge is -2.15. The molecule has 0 aliphatic carbocycles. The highest BCUT2D eigenvalue weighted by Crippen LogP contribution is 2.22. The van der Waals surface area contributed by atoms with Crippen LogP contribution in [-0.4, -0.2) is 5.11 Å². The Kier molecular flexibility index (Phi) is 2.93. The minimum absolute atomic E-state index is 0.469. The monoisotopic (exact) mass is 189 g/mol. The summed E-state index contributed by atoms with van der Waals surface area (Å²) in [6, 6.07) is 9.37. The molecule has 1 unspecified atom stereocenters. The van der Waals surface area contributed by atoms with E-state index in [9.17, 15) is 5.11 Å². The van der Waals surface area contributed by atoms with Gasteiger partial charge in [-0.25, -0.2) is 0 Å². The van der Waals surface area contributed by atoms with Gasteiger partial charge >= 0.3 is 0 Å². The molecule has 0 aliphatic heterocycles. The first-order chi connectivity index (χ1) is 6.47. The van der Waals surface area contributed by atoms with E-state index in [1.807, 2.05) is 18.2 Å². The summed E-state index contributed by atoms with van der Waals surface area (Å²) in [5, 5.41) is 18.4. The van der Waals surface area contributed by atoms with Crippen LogP contribution in [0.3, 0.4) is 0 Å². The summed E-state index contributed by atoms with van der Waals surface area (Å²) in [6.07, 6.45) is 0. The first kappa shape index (κ1) is 10.7. The van der Waals surface area contributed by atoms with Gasteiger partial charge in [-0.15, -0.1) is 0 Å². The van der Waals surface area contributed by atoms with E-state index in [4.69, 9.17) is 5.26 Å². The van der Waals surface area contributed by atoms with Gasteiger partial charge in [0, 0.05) is 0 Å². The Balaban J connectivity index is 3.01. The number of rotatable bonds is 2. The Labute approximate surface area is 84.8 Å². The Morgan fingerprint density at radius 3 is 2.14 bits per heavy atom. The van der Waals surface area contributed by atoms with Gasteiger partial charge in [-0.05, 0) is 24.0 Å². The average Bonchev–Trinajstić information content (AvgIpc) is 2.18. The number of benzene rings is 1. The van der Waals surface area contributed by atoms with Crippen LogP contribution in [0, 0.1) is 11.3 Å². The molecule has 0 spiro atoms. The largest absolute Gasteiger partial charge is 0.372 e. The van der Waals surface area contributed by atoms with Crippen LogP contribution in [0.2, 0.25) is 0 Å². The predicted molar refractivity (Wildman–Crippen MR) is 55.7 cm³/mol. The third-order valence-corrected chi connectivity index (χ3v) is 2.36. The smallest absolute Gasteiger partial charge is 0.173 e. The fourth-order valence-corrected chi connectivity index (χ4v) is 1.26. The highest BCUT2D eigenvalue weighted by Gasteiger charge is 2.21. The highest BCUT2D eigenvalue weighted by atomic mass is 16.3. The van der Waals surface area contributed by atoms with Crippen LogP contribution >= 0.6 is 0 Å². The van der Waals surface area contributed by atoms with E-state index in [2.05, 4.69) is 13.8 Å². The number of hydrogen-bond acceptors (Lipinski definition) is 2. The van der Waals surface area contributed by atoms with Gasteiger partial charge < -0.3 is 5.11 Å². The molecule has 0 amide bonds. The van der Waals surface area contributed by atoms with E-state index in [1.54, 1.807) is 12.1 Å². The van der Waals surface area contributed by atoms with Crippen LogP contribution in [0.25, 0.3) is 0 Å². The number of nitrogens with zero attached hydrogens (tertiary/aromatic N) is 1. The third-order valence-electron chi connectivity index (χ3n) is 2.36. The summed E-state index contributed by atoms with van der Waals surface area (Å²) in [7, 11) is 0. The second-order valence-corrected chi connectivity index (χ2v) is 3.96. The van der Waals surface area contributed by atoms with Crippen molar-refractivity contribution in [1.29, 1.82) is 5.26 Å². The van der Waals surface area contributed by atoms with Crippen LogP contribution in [-0.2, 0) is 5.60 Å². The molecule has 1 aromatic rings. The number of hydrogen-bond donors (Lipinski definition) is 1. The lowest BCUT2D eigenvalue weighted by atomic mass is 9.94. The number of aliphatic hydroxyl groups is 1. The topological polar surface area (TPSA) is 44.0 Å². The quantitative estimate of drug-likeness (QED) is 0.726. The molecular formula is C12H15NO. The van der Waals surface area contributed by atoms with Crippen LogP contribution in [0.4, 0.5) is 0 Å². The summed E-state index contributed by atoms with van der Waals surface area (Å²) in [5.41, 5.74) is 0.474. The Morgan fingerprint density at radius 1 is 1.29 bits per heavy atom. The van der Waals surface area contributed by atoms with Crippen molar-refractivity contribution in [3.63, 3.8) is 0 Å². The second-order valence-electron chi connectivity index (χ2n) is 3.96. The van der Waals surface area contributed by atoms with Crippen molar-refractivity contribution in [2.75, 3.05) is 0 Å². The molecule has 0 saturated heterocycles. The zero-order chi connectivity index (χ0) is 10.8. The molecular weight excluding hydrogens is 174 g/mol. The van der Waals surface area contributed by atoms with Gasteiger partial charge in [0.25, 0.3) is 0 Å². The van der Waals surface area contributed by atoms with Crippen LogP contribution in [0.15, 0.2) is 24.3 Å². The van der Waals surface area contributed by atoms with Crippen molar-refractivity contribution >= 4 is 0 Å². The minimum atomic E-state index is -1.38. The van der Waals surface area contributed by atoms with Gasteiger partial charge in [-0.3, -0.25) is 0 Å². The van der Waals surface area contributed by atoms with Gasteiger partial charge in [0.15, 0.2) is 5.60 Å². The predicted octanol–water partition coefficient (Wildman–Crippen LogP) is 2.54. The molecule has 1 atom stereocenters. The lowest BCUT2D eigenvalue weighted by molar-refractivity contribution is 0.119. The molecule has 0 saturated carbocycles. The van der Waals surface area contributed by atoms with Gasteiger partial charge in [0.05, 0.1) is 0 Å². The Morgan fingerprint density at radius 2 is 1.79 bits per heavy atom. The summed E-state index contributed by atoms with van der Waals surface area (Å²) in [4.78, 5) is 0. The van der Waals surface area contributed by atoms with E-state index in [1.165, 1.54) is 12.5 Å². The second kappa shape index (κ2) is 3.81. The summed E-state index contributed by atoms with van der Waals surface area (Å²) < 4.78 is 0. The van der Waals surface area contributed by atoms with Crippen LogP contribution < -0.4 is 0 Å². The summed E-state index contributed by atoms with van der Waals surface area (Å²) >= 11 is 0. The molecule has 74 valence electrons. The minimum Gasteiger partial charge on any atom is -0.372 e. The van der Waals surface area contributed by atoms with E-state index >= 15 is 0 Å². The molecule has 0 fully saturated rings. The van der Waals surface area contributed by atoms with Crippen LogP contribution in [0.1, 0.15) is 37.8 Å². The van der Waals surface area contributed by atoms with E-state index in [-0.39, 0.29) is 0 Å². The van der Waals surface area contributed by atoms with Crippen molar-refractivity contribution in [2.24, 2.45) is 0 Å². The molecule has 2 nitrogen and oxygen atoms in total. The molecule has 2 heteroatoms. The van der Waals surface area contributed by atoms with Gasteiger partial charge in [0.1, 0.15) is 6.07 Å². The zero-order valence-corrected chi connectivity index (χ0v) is 8.78. The molecule has 0 aliphatic rings. The van der Waals surface area contributed by atoms with Crippen molar-refractivity contribution < 1.29 is 5.11 Å². The summed E-state index contributed by atoms with van der Waals surface area (Å²) in [5.74, 6) is 0.469. The third kappa shape index (κ3) is 2.12. The molecule has 1 aromatic carbocycles. The standard InChI is InChI=1S/C12H15NO/c1-9(2)10-4-6-11(7-5-10)12(3,14)8-13/h4-7,9,14H,1-3H3. The molecule has 0 bridgehead atoms. The maximum Gasteiger partial charge on any atom is 0.173 e. The van der Waals surface area contributed by atoms with E-state index < -0.39 is 5.60 Å². The van der Waals surface area contributed by atoms with E-state index in [0.29, 0.717) is 11.5 Å². The van der Waals surface area contributed by atoms with Gasteiger partial charge in [-0.2, -0.15) is 5.26 Å². The first-order valence-corrected chi connectivity index (χ1v) is 4.71. The fourth-order valence-electron chi connectivity index (χ4n) is 1.26. The highest BCUT2D eigenvalue weighted by molar-refractivity contribution is 5.31. The van der Waals surface area contributed by atoms with Crippen molar-refractivity contribution in [3.05, 3.63) is 35.4 Å². The SMILES string of the molecule is CC(C)c1ccc(C(C)(O)C#N)cc1. The Hall–Kier alpha value is -1.33. The molecule has 0 heterocycles. The van der Waals surface area contributed by atoms with Crippen molar-refractivity contribution in [2.45, 2.75) is 32.3 Å².